The monoisotopic (exact) mass is 1980 g/mol. The Bertz CT molecular complexity index is 5160. The highest BCUT2D eigenvalue weighted by atomic mass is 35.5. The number of aliphatic hydroxyl groups excluding tert-OH is 1. The van der Waals surface area contributed by atoms with Crippen molar-refractivity contribution < 1.29 is 41.6 Å². The van der Waals surface area contributed by atoms with Gasteiger partial charge >= 0.3 is 6.36 Å². The summed E-state index contributed by atoms with van der Waals surface area (Å²) in [7, 11) is 5.01. The number of halogens is 7. The first-order valence-corrected chi connectivity index (χ1v) is 49.6. The summed E-state index contributed by atoms with van der Waals surface area (Å²) in [5.74, 6) is 2.23. The second-order valence-electron chi connectivity index (χ2n) is 47.4. The molecule has 0 unspecified atom stereocenters. The van der Waals surface area contributed by atoms with E-state index in [9.17, 15) is 17.6 Å². The van der Waals surface area contributed by atoms with Gasteiger partial charge in [0.1, 0.15) is 23.1 Å². The zero-order valence-corrected chi connectivity index (χ0v) is 95.8. The van der Waals surface area contributed by atoms with E-state index in [4.69, 9.17) is 54.1 Å². The quantitative estimate of drug-likeness (QED) is 0.173. The van der Waals surface area contributed by atoms with Gasteiger partial charge in [0, 0.05) is 27.3 Å². The van der Waals surface area contributed by atoms with Crippen LogP contribution in [0.3, 0.4) is 0 Å². The number of methoxy groups -OCH3 is 3. The molecule has 0 atom stereocenters. The summed E-state index contributed by atoms with van der Waals surface area (Å²) < 4.78 is 67.6. The van der Waals surface area contributed by atoms with Gasteiger partial charge < -0.3 is 24.1 Å². The highest BCUT2D eigenvalue weighted by Gasteiger charge is 2.32. The van der Waals surface area contributed by atoms with Gasteiger partial charge in [-0.1, -0.05) is 490 Å². The lowest BCUT2D eigenvalue weighted by Crippen LogP contribution is -2.17. The molecule has 140 heavy (non-hydrogen) atoms. The highest BCUT2D eigenvalue weighted by molar-refractivity contribution is 6.31. The summed E-state index contributed by atoms with van der Waals surface area (Å²) in [6.45, 7) is 84.5. The van der Waals surface area contributed by atoms with Gasteiger partial charge in [-0.15, -0.1) is 13.2 Å². The summed E-state index contributed by atoms with van der Waals surface area (Å²) in [4.78, 5) is 4.14. The fourth-order valence-electron chi connectivity index (χ4n) is 13.7. The first kappa shape index (κ1) is 128. The number of aliphatic hydroxyl groups is 1. The molecule has 0 aliphatic carbocycles. The van der Waals surface area contributed by atoms with E-state index in [1.54, 1.807) is 39.5 Å². The van der Waals surface area contributed by atoms with Crippen LogP contribution in [0.1, 0.15) is 338 Å². The van der Waals surface area contributed by atoms with Crippen molar-refractivity contribution in [2.24, 2.45) is 0 Å². The smallest absolute Gasteiger partial charge is 0.497 e. The van der Waals surface area contributed by atoms with Crippen LogP contribution in [0.4, 0.5) is 17.6 Å². The topological polar surface area (TPSA) is 70.0 Å². The number of hydrogen-bond donors (Lipinski definition) is 1. The van der Waals surface area contributed by atoms with Gasteiger partial charge in [-0.25, -0.2) is 9.37 Å². The van der Waals surface area contributed by atoms with E-state index < -0.39 is 6.36 Å². The normalized spacial score (nSPS) is 11.7. The van der Waals surface area contributed by atoms with Crippen molar-refractivity contribution in [3.8, 4) is 23.1 Å². The molecule has 11 aromatic carbocycles. The minimum atomic E-state index is -4.62. The molecule has 1 aromatic heterocycles. The van der Waals surface area contributed by atoms with Crippen LogP contribution in [0.25, 0.3) is 0 Å². The molecule has 0 aliphatic rings. The minimum Gasteiger partial charge on any atom is -0.497 e. The Morgan fingerprint density at radius 2 is 0.586 bits per heavy atom. The molecule has 13 heteroatoms. The Morgan fingerprint density at radius 3 is 0.871 bits per heavy atom. The molecular weight excluding hydrogens is 1800 g/mol. The highest BCUT2D eigenvalue weighted by Crippen LogP contribution is 2.35. The van der Waals surface area contributed by atoms with Crippen molar-refractivity contribution in [1.82, 2.24) is 4.98 Å². The molecule has 12 aromatic rings. The van der Waals surface area contributed by atoms with Gasteiger partial charge in [-0.05, 0) is 242 Å². The average molecular weight is 1980 g/mol. The van der Waals surface area contributed by atoms with Crippen LogP contribution in [0.15, 0.2) is 285 Å². The summed E-state index contributed by atoms with van der Waals surface area (Å²) >= 11 is 17.6. The molecule has 0 bridgehead atoms. The van der Waals surface area contributed by atoms with Gasteiger partial charge in [0.25, 0.3) is 0 Å². The van der Waals surface area contributed by atoms with Gasteiger partial charge in [-0.2, -0.15) is 0 Å². The Hall–Kier alpha value is -9.68. The molecule has 0 fully saturated rings. The molecule has 0 saturated heterocycles. The fourth-order valence-corrected chi connectivity index (χ4v) is 14.4. The number of pyridine rings is 1. The number of aromatic nitrogens is 1. The van der Waals surface area contributed by atoms with E-state index in [-0.39, 0.29) is 83.2 Å². The van der Waals surface area contributed by atoms with Crippen LogP contribution in [-0.4, -0.2) is 37.8 Å². The molecule has 6 nitrogen and oxygen atoms in total. The van der Waals surface area contributed by atoms with Crippen molar-refractivity contribution in [2.45, 2.75) is 348 Å². The van der Waals surface area contributed by atoms with Crippen LogP contribution < -0.4 is 18.9 Å². The van der Waals surface area contributed by atoms with Crippen molar-refractivity contribution in [3.05, 3.63) is 395 Å². The van der Waals surface area contributed by atoms with Crippen molar-refractivity contribution in [3.63, 3.8) is 0 Å². The summed E-state index contributed by atoms with van der Waals surface area (Å²) in [6.07, 6.45) is -2.76. The number of alkyl halides is 3. The molecule has 0 amide bonds. The van der Waals surface area contributed by atoms with Crippen molar-refractivity contribution in [2.75, 3.05) is 21.3 Å². The first-order chi connectivity index (χ1) is 63.9. The van der Waals surface area contributed by atoms with Crippen molar-refractivity contribution >= 4 is 34.8 Å². The third-order valence-electron chi connectivity index (χ3n) is 22.2. The van der Waals surface area contributed by atoms with E-state index in [2.05, 4.69) is 366 Å². The Balaban J connectivity index is 0.000000764. The lowest BCUT2D eigenvalue weighted by atomic mass is 9.84. The molecule has 768 valence electrons. The van der Waals surface area contributed by atoms with E-state index in [1.807, 2.05) is 163 Å². The molecule has 0 aliphatic heterocycles. The Labute approximate surface area is 863 Å². The maximum absolute atomic E-state index is 13.1. The first-order valence-electron chi connectivity index (χ1n) is 48.5. The molecule has 0 radical (unpaired) electrons. The number of ether oxygens (including phenoxy) is 4. The molecule has 1 heterocycles. The predicted octanol–water partition coefficient (Wildman–Crippen LogP) is 38.6. The Morgan fingerprint density at radius 1 is 0.264 bits per heavy atom. The maximum atomic E-state index is 13.1. The van der Waals surface area contributed by atoms with Crippen LogP contribution >= 0.6 is 34.8 Å². The average Bonchev–Trinajstić information content (AvgIpc) is 0.886. The van der Waals surface area contributed by atoms with Gasteiger partial charge in [-0.3, -0.25) is 0 Å². The number of benzene rings is 11. The lowest BCUT2D eigenvalue weighted by Gasteiger charge is -2.21. The standard InChI is InChI=1S/C11H13F3O.3C11H16O.3C11H16.3C10H13Cl.C10H13F.C10H15NO/c1-10(2,3)8-4-6-9(7-5-8)15-11(12,13)14;1-11(2,3)9-5-7-10(12-4)8-6-9;1-11(2,3)9-6-5-7-10(8-9)12-4;1-11(2,3)10-7-5-4-6-9(10)8-12;1-9-6-5-7-10(8-9)11(2,3)4;2*1-9-7-5-6-8-10(9)11(2,3)4;1-10(2,3)8-4-6-9(11)7-5-8;1-10(2,3)8-5-4-6-9(11)7-8;2*1-10(2,3)8-6-4-5-7-9(8)11;1-10(2,3)8-5-6-9(12-4)11-7-8/h4-7H,1-3H3;2*5-8H,1-4H3;4-7,12H,8H2,1-3H3;3*5-8H,1-4H3;4*4-7H,1-3H3;5-7H,1-4H3. The van der Waals surface area contributed by atoms with Gasteiger partial charge in [0.2, 0.25) is 5.88 Å². The fraction of sp³-hybridized carbons (Fsp3) is 0.441. The van der Waals surface area contributed by atoms with Gasteiger partial charge in [0.15, 0.2) is 0 Å². The largest absolute Gasteiger partial charge is 0.573 e. The molecule has 0 saturated carbocycles. The number of aryl methyl sites for hydroxylation is 3. The molecular formula is C127H176Cl3F4NO5. The zero-order valence-electron chi connectivity index (χ0n) is 93.5. The third-order valence-corrected chi connectivity index (χ3v) is 23.0. The van der Waals surface area contributed by atoms with Crippen molar-refractivity contribution in [1.29, 1.82) is 0 Å². The van der Waals surface area contributed by atoms with Crippen LogP contribution in [0, 0.1) is 26.6 Å². The second-order valence-corrected chi connectivity index (χ2v) is 48.7. The van der Waals surface area contributed by atoms with E-state index in [0.717, 1.165) is 43.3 Å². The lowest BCUT2D eigenvalue weighted by molar-refractivity contribution is -0.274. The summed E-state index contributed by atoms with van der Waals surface area (Å²) in [5.41, 5.74) is 22.1. The molecule has 1 N–H and O–H groups in total. The maximum Gasteiger partial charge on any atom is 0.573 e. The molecule has 0 spiro atoms. The second kappa shape index (κ2) is 57.0. The number of nitrogens with zero attached hydrogens (tertiary/aromatic N) is 1. The third kappa shape index (κ3) is 51.8. The van der Waals surface area contributed by atoms with E-state index in [0.29, 0.717) is 5.88 Å². The van der Waals surface area contributed by atoms with Crippen LogP contribution in [0.2, 0.25) is 15.1 Å². The predicted molar refractivity (Wildman–Crippen MR) is 601 cm³/mol. The summed E-state index contributed by atoms with van der Waals surface area (Å²) in [6, 6.07) is 91.0. The molecule has 12 rings (SSSR count). The SMILES string of the molecule is CC(C)(C)c1ccc(Cl)cc1.CC(C)(C)c1ccc(OC(F)(F)F)cc1.CC(C)(C)c1cccc(Cl)c1.CC(C)(C)c1ccccc1CO.CC(C)(C)c1ccccc1Cl.CC(C)(C)c1ccccc1F.COc1ccc(C(C)(C)C)cc1.COc1ccc(C(C)(C)C)cn1.COc1cccc(C(C)(C)C)c1.Cc1cccc(C(C)(C)C)c1.Cc1ccccc1C(C)(C)C.Cc1ccccc1C(C)(C)C. The van der Waals surface area contributed by atoms with Gasteiger partial charge in [0.05, 0.1) is 27.9 Å². The van der Waals surface area contributed by atoms with Crippen LogP contribution in [0.5, 0.6) is 23.1 Å². The van der Waals surface area contributed by atoms with Crippen LogP contribution in [-0.2, 0) is 71.6 Å². The Kier molecular flexibility index (Phi) is 52.2. The summed E-state index contributed by atoms with van der Waals surface area (Å²) in [5, 5.41) is 11.6. The number of rotatable bonds is 5. The minimum absolute atomic E-state index is 0.0727. The number of hydrogen-bond acceptors (Lipinski definition) is 6. The van der Waals surface area contributed by atoms with E-state index >= 15 is 0 Å². The zero-order chi connectivity index (χ0) is 108. The van der Waals surface area contributed by atoms with E-state index in [1.165, 1.54) is 90.5 Å².